The third-order valence-electron chi connectivity index (χ3n) is 3.32. The van der Waals surface area contributed by atoms with Crippen molar-refractivity contribution in [2.45, 2.75) is 24.7 Å². The molecule has 0 unspecified atom stereocenters. The summed E-state index contributed by atoms with van der Waals surface area (Å²) in [6, 6.07) is 6.95. The fraction of sp³-hybridized carbons (Fsp3) is 0.500. The molecule has 0 radical (unpaired) electrons. The topological polar surface area (TPSA) is 12.0 Å². The van der Waals surface area contributed by atoms with E-state index in [2.05, 4.69) is 5.32 Å². The van der Waals surface area contributed by atoms with Gasteiger partial charge in [-0.15, -0.1) is 0 Å². The molecule has 1 nitrogen and oxygen atoms in total. The van der Waals surface area contributed by atoms with Gasteiger partial charge in [-0.25, -0.2) is 8.78 Å². The summed E-state index contributed by atoms with van der Waals surface area (Å²) in [4.78, 5) is 0. The van der Waals surface area contributed by atoms with E-state index in [4.69, 9.17) is 11.6 Å². The normalized spacial score (nSPS) is 20.0. The summed E-state index contributed by atoms with van der Waals surface area (Å²) in [7, 11) is 0. The van der Waals surface area contributed by atoms with Crippen molar-refractivity contribution in [3.05, 3.63) is 34.9 Å². The number of alkyl halides is 2. The highest BCUT2D eigenvalue weighted by Crippen LogP contribution is 2.42. The fourth-order valence-corrected chi connectivity index (χ4v) is 2.67. The molecule has 0 amide bonds. The maximum absolute atomic E-state index is 13.4. The van der Waals surface area contributed by atoms with Crippen LogP contribution in [-0.2, 0) is 5.41 Å². The Bertz CT molecular complexity index is 362. The van der Waals surface area contributed by atoms with Gasteiger partial charge < -0.3 is 5.32 Å². The molecule has 1 aliphatic rings. The number of halogens is 3. The van der Waals surface area contributed by atoms with Crippen LogP contribution in [0, 0.1) is 0 Å². The second kappa shape index (κ2) is 4.68. The molecule has 1 N–H and O–H groups in total. The van der Waals surface area contributed by atoms with Crippen LogP contribution in [0.1, 0.15) is 18.4 Å². The average Bonchev–Trinajstić information content (AvgIpc) is 2.30. The Morgan fingerprint density at radius 2 is 1.81 bits per heavy atom. The average molecular weight is 246 g/mol. The first-order valence-corrected chi connectivity index (χ1v) is 5.78. The summed E-state index contributed by atoms with van der Waals surface area (Å²) in [5.41, 5.74) is -0.475. The van der Waals surface area contributed by atoms with Gasteiger partial charge in [-0.1, -0.05) is 29.8 Å². The number of hydrogen-bond donors (Lipinski definition) is 1. The first kappa shape index (κ1) is 11.8. The van der Waals surface area contributed by atoms with Gasteiger partial charge in [-0.3, -0.25) is 0 Å². The molecular formula is C12H14ClF2N. The summed E-state index contributed by atoms with van der Waals surface area (Å²) >= 11 is 6.04. The first-order chi connectivity index (χ1) is 7.67. The molecule has 0 aromatic heterocycles. The summed E-state index contributed by atoms with van der Waals surface area (Å²) in [6.45, 7) is 1.24. The van der Waals surface area contributed by atoms with Gasteiger partial charge in [0.15, 0.2) is 0 Å². The lowest BCUT2D eigenvalue weighted by Crippen LogP contribution is -2.45. The van der Waals surface area contributed by atoms with Crippen molar-refractivity contribution in [3.8, 4) is 0 Å². The Labute approximate surface area is 98.8 Å². The van der Waals surface area contributed by atoms with Crippen molar-refractivity contribution in [1.29, 1.82) is 0 Å². The van der Waals surface area contributed by atoms with Crippen molar-refractivity contribution in [3.63, 3.8) is 0 Å². The van der Waals surface area contributed by atoms with Gasteiger partial charge in [-0.2, -0.15) is 0 Å². The van der Waals surface area contributed by atoms with Crippen LogP contribution in [0.25, 0.3) is 0 Å². The van der Waals surface area contributed by atoms with Crippen LogP contribution in [-0.4, -0.2) is 19.5 Å². The molecule has 0 bridgehead atoms. The van der Waals surface area contributed by atoms with Gasteiger partial charge in [0, 0.05) is 5.02 Å². The second-order valence-corrected chi connectivity index (χ2v) is 4.59. The van der Waals surface area contributed by atoms with Gasteiger partial charge >= 0.3 is 0 Å². The van der Waals surface area contributed by atoms with Gasteiger partial charge in [0.25, 0.3) is 0 Å². The van der Waals surface area contributed by atoms with E-state index in [1.165, 1.54) is 0 Å². The lowest BCUT2D eigenvalue weighted by atomic mass is 9.73. The molecule has 1 aromatic rings. The van der Waals surface area contributed by atoms with E-state index in [-0.39, 0.29) is 0 Å². The SMILES string of the molecule is FC(F)C1(c2ccccc2Cl)CCNCC1. The maximum Gasteiger partial charge on any atom is 0.248 e. The third-order valence-corrected chi connectivity index (χ3v) is 3.65. The predicted octanol–water partition coefficient (Wildman–Crippen LogP) is 3.23. The van der Waals surface area contributed by atoms with Crippen LogP contribution in [0.2, 0.25) is 5.02 Å². The summed E-state index contributed by atoms with van der Waals surface area (Å²) < 4.78 is 26.7. The van der Waals surface area contributed by atoms with E-state index in [0.29, 0.717) is 36.5 Å². The molecule has 16 heavy (non-hydrogen) atoms. The van der Waals surface area contributed by atoms with Crippen LogP contribution >= 0.6 is 11.6 Å². The highest BCUT2D eigenvalue weighted by atomic mass is 35.5. The molecule has 0 aliphatic carbocycles. The lowest BCUT2D eigenvalue weighted by molar-refractivity contribution is 0.0296. The molecule has 1 aromatic carbocycles. The Morgan fingerprint density at radius 3 is 2.38 bits per heavy atom. The van der Waals surface area contributed by atoms with Crippen LogP contribution in [0.3, 0.4) is 0 Å². The lowest BCUT2D eigenvalue weighted by Gasteiger charge is -2.37. The Balaban J connectivity index is 2.43. The molecule has 2 rings (SSSR count). The summed E-state index contributed by atoms with van der Waals surface area (Å²) in [5.74, 6) is 0. The molecule has 1 heterocycles. The maximum atomic E-state index is 13.4. The minimum Gasteiger partial charge on any atom is -0.317 e. The van der Waals surface area contributed by atoms with Crippen LogP contribution < -0.4 is 5.32 Å². The molecule has 0 atom stereocenters. The quantitative estimate of drug-likeness (QED) is 0.844. The van der Waals surface area contributed by atoms with Crippen LogP contribution in [0.5, 0.6) is 0 Å². The molecule has 0 saturated carbocycles. The van der Waals surface area contributed by atoms with E-state index < -0.39 is 11.8 Å². The van der Waals surface area contributed by atoms with Crippen LogP contribution in [0.15, 0.2) is 24.3 Å². The van der Waals surface area contributed by atoms with Crippen molar-refractivity contribution in [1.82, 2.24) is 5.32 Å². The molecule has 1 fully saturated rings. The summed E-state index contributed by atoms with van der Waals surface area (Å²) in [5, 5.41) is 3.56. The molecule has 1 aliphatic heterocycles. The largest absolute Gasteiger partial charge is 0.317 e. The Morgan fingerprint density at radius 1 is 1.19 bits per heavy atom. The third kappa shape index (κ3) is 1.94. The van der Waals surface area contributed by atoms with Gasteiger partial charge in [0.1, 0.15) is 0 Å². The highest BCUT2D eigenvalue weighted by Gasteiger charge is 2.43. The first-order valence-electron chi connectivity index (χ1n) is 5.41. The minimum absolute atomic E-state index is 0.439. The molecule has 1 saturated heterocycles. The zero-order valence-corrected chi connectivity index (χ0v) is 9.61. The molecular weight excluding hydrogens is 232 g/mol. The van der Waals surface area contributed by atoms with E-state index in [1.54, 1.807) is 24.3 Å². The van der Waals surface area contributed by atoms with E-state index in [9.17, 15) is 8.78 Å². The van der Waals surface area contributed by atoms with Crippen molar-refractivity contribution >= 4 is 11.6 Å². The van der Waals surface area contributed by atoms with Gasteiger partial charge in [0.2, 0.25) is 6.43 Å². The van der Waals surface area contributed by atoms with Crippen molar-refractivity contribution < 1.29 is 8.78 Å². The predicted molar refractivity (Wildman–Crippen MR) is 61.2 cm³/mol. The van der Waals surface area contributed by atoms with Gasteiger partial charge in [-0.05, 0) is 37.6 Å². The highest BCUT2D eigenvalue weighted by molar-refractivity contribution is 6.31. The number of nitrogens with one attached hydrogen (secondary N) is 1. The van der Waals surface area contributed by atoms with E-state index in [1.807, 2.05) is 0 Å². The summed E-state index contributed by atoms with van der Waals surface area (Å²) in [6.07, 6.45) is -1.49. The zero-order valence-electron chi connectivity index (χ0n) is 8.85. The number of hydrogen-bond acceptors (Lipinski definition) is 1. The van der Waals surface area contributed by atoms with E-state index >= 15 is 0 Å². The molecule has 4 heteroatoms. The van der Waals surface area contributed by atoms with E-state index in [0.717, 1.165) is 0 Å². The van der Waals surface area contributed by atoms with Crippen molar-refractivity contribution in [2.75, 3.05) is 13.1 Å². The smallest absolute Gasteiger partial charge is 0.248 e. The number of rotatable bonds is 2. The monoisotopic (exact) mass is 245 g/mol. The zero-order chi connectivity index (χ0) is 11.6. The number of benzene rings is 1. The fourth-order valence-electron chi connectivity index (χ4n) is 2.34. The van der Waals surface area contributed by atoms with Crippen LogP contribution in [0.4, 0.5) is 8.78 Å². The van der Waals surface area contributed by atoms with Gasteiger partial charge in [0.05, 0.1) is 5.41 Å². The standard InChI is InChI=1S/C12H14ClF2N/c13-10-4-2-1-3-9(10)12(11(14)15)5-7-16-8-6-12/h1-4,11,16H,5-8H2. The molecule has 0 spiro atoms. The number of piperidine rings is 1. The Hall–Kier alpha value is -0.670. The molecule has 88 valence electrons. The van der Waals surface area contributed by atoms with Crippen molar-refractivity contribution in [2.24, 2.45) is 0 Å². The minimum atomic E-state index is -2.37. The Kier molecular flexibility index (Phi) is 3.45. The second-order valence-electron chi connectivity index (χ2n) is 4.19.